The van der Waals surface area contributed by atoms with Crippen LogP contribution in [0.15, 0.2) is 42.5 Å². The molecule has 0 amide bonds. The van der Waals surface area contributed by atoms with Crippen molar-refractivity contribution in [1.82, 2.24) is 0 Å². The van der Waals surface area contributed by atoms with E-state index in [-0.39, 0.29) is 0 Å². The summed E-state index contributed by atoms with van der Waals surface area (Å²) in [4.78, 5) is 2.13. The predicted octanol–water partition coefficient (Wildman–Crippen LogP) is 3.75. The van der Waals surface area contributed by atoms with E-state index in [2.05, 4.69) is 4.90 Å². The lowest BCUT2D eigenvalue weighted by atomic mass is 10.2. The summed E-state index contributed by atoms with van der Waals surface area (Å²) in [6.45, 7) is 3.38. The third-order valence-electron chi connectivity index (χ3n) is 3.16. The Labute approximate surface area is 124 Å². The number of nitrogens with two attached hydrogens (primary N) is 1. The second kappa shape index (κ2) is 6.53. The van der Waals surface area contributed by atoms with E-state index in [0.717, 1.165) is 34.3 Å². The van der Waals surface area contributed by atoms with Crippen molar-refractivity contribution in [1.29, 1.82) is 0 Å². The van der Waals surface area contributed by atoms with Gasteiger partial charge in [0.05, 0.1) is 6.54 Å². The molecule has 106 valence electrons. The lowest BCUT2D eigenvalue weighted by molar-refractivity contribution is 0.326. The van der Waals surface area contributed by atoms with Gasteiger partial charge in [-0.25, -0.2) is 0 Å². The first kappa shape index (κ1) is 14.5. The summed E-state index contributed by atoms with van der Waals surface area (Å²) in [5, 5.41) is 0.761. The fourth-order valence-corrected chi connectivity index (χ4v) is 1.98. The van der Waals surface area contributed by atoms with Crippen LogP contribution in [-0.2, 0) is 0 Å². The molecule has 20 heavy (non-hydrogen) atoms. The lowest BCUT2D eigenvalue weighted by Crippen LogP contribution is -2.23. The van der Waals surface area contributed by atoms with Crippen LogP contribution in [0.1, 0.15) is 5.56 Å². The van der Waals surface area contributed by atoms with Gasteiger partial charge in [0.2, 0.25) is 0 Å². The van der Waals surface area contributed by atoms with Crippen molar-refractivity contribution in [2.75, 3.05) is 30.8 Å². The third kappa shape index (κ3) is 3.81. The molecule has 0 radical (unpaired) electrons. The van der Waals surface area contributed by atoms with Crippen LogP contribution in [0.4, 0.5) is 11.4 Å². The quantitative estimate of drug-likeness (QED) is 0.853. The largest absolute Gasteiger partial charge is 0.492 e. The number of likely N-dealkylation sites (N-methyl/N-ethyl adjacent to an activating group) is 1. The van der Waals surface area contributed by atoms with Gasteiger partial charge in [-0.15, -0.1) is 0 Å². The number of hydrogen-bond donors (Lipinski definition) is 1. The number of nitrogens with zero attached hydrogens (tertiary/aromatic N) is 1. The van der Waals surface area contributed by atoms with E-state index in [1.807, 2.05) is 56.4 Å². The van der Waals surface area contributed by atoms with Gasteiger partial charge in [-0.05, 0) is 55.0 Å². The zero-order chi connectivity index (χ0) is 14.5. The fourth-order valence-electron chi connectivity index (χ4n) is 1.87. The standard InChI is InChI=1S/C16H19ClN2O/c1-12-11-15(7-8-16(12)17)20-10-9-19(2)14-5-3-13(18)4-6-14/h3-8,11H,9-10,18H2,1-2H3. The molecule has 0 aliphatic rings. The minimum Gasteiger partial charge on any atom is -0.492 e. The van der Waals surface area contributed by atoms with Crippen LogP contribution in [0.5, 0.6) is 5.75 Å². The summed E-state index contributed by atoms with van der Waals surface area (Å²) >= 11 is 5.98. The van der Waals surface area contributed by atoms with Crippen LogP contribution < -0.4 is 15.4 Å². The van der Waals surface area contributed by atoms with Crippen molar-refractivity contribution in [3.63, 3.8) is 0 Å². The van der Waals surface area contributed by atoms with Crippen molar-refractivity contribution < 1.29 is 4.74 Å². The minimum absolute atomic E-state index is 0.613. The van der Waals surface area contributed by atoms with Crippen molar-refractivity contribution in [3.05, 3.63) is 53.1 Å². The number of anilines is 2. The van der Waals surface area contributed by atoms with E-state index in [0.29, 0.717) is 6.61 Å². The summed E-state index contributed by atoms with van der Waals surface area (Å²) in [6.07, 6.45) is 0. The average Bonchev–Trinajstić information content (AvgIpc) is 2.43. The molecule has 0 saturated heterocycles. The molecule has 0 spiro atoms. The zero-order valence-electron chi connectivity index (χ0n) is 11.8. The monoisotopic (exact) mass is 290 g/mol. The Morgan fingerprint density at radius 3 is 2.50 bits per heavy atom. The van der Waals surface area contributed by atoms with Gasteiger partial charge in [0.15, 0.2) is 0 Å². The molecular formula is C16H19ClN2O. The van der Waals surface area contributed by atoms with Crippen molar-refractivity contribution in [2.45, 2.75) is 6.92 Å². The van der Waals surface area contributed by atoms with E-state index in [9.17, 15) is 0 Å². The molecule has 0 aromatic heterocycles. The first-order valence-corrected chi connectivity index (χ1v) is 6.89. The number of aryl methyl sites for hydroxylation is 1. The normalized spacial score (nSPS) is 10.3. The number of nitrogen functional groups attached to an aromatic ring is 1. The molecule has 4 heteroatoms. The highest BCUT2D eigenvalue weighted by molar-refractivity contribution is 6.31. The molecule has 0 unspecified atom stereocenters. The zero-order valence-corrected chi connectivity index (χ0v) is 12.5. The van der Waals surface area contributed by atoms with Crippen LogP contribution in [0.3, 0.4) is 0 Å². The molecule has 0 atom stereocenters. The van der Waals surface area contributed by atoms with Crippen LogP contribution in [0.2, 0.25) is 5.02 Å². The predicted molar refractivity (Wildman–Crippen MR) is 85.8 cm³/mol. The van der Waals surface area contributed by atoms with Gasteiger partial charge in [-0.3, -0.25) is 0 Å². The maximum absolute atomic E-state index is 5.98. The smallest absolute Gasteiger partial charge is 0.119 e. The third-order valence-corrected chi connectivity index (χ3v) is 3.58. The highest BCUT2D eigenvalue weighted by atomic mass is 35.5. The summed E-state index contributed by atoms with van der Waals surface area (Å²) in [7, 11) is 2.03. The Kier molecular flexibility index (Phi) is 4.74. The second-order valence-corrected chi connectivity index (χ2v) is 5.18. The van der Waals surface area contributed by atoms with Crippen molar-refractivity contribution in [3.8, 4) is 5.75 Å². The number of benzene rings is 2. The average molecular weight is 291 g/mol. The number of halogens is 1. The molecule has 0 aliphatic carbocycles. The minimum atomic E-state index is 0.613. The molecule has 0 bridgehead atoms. The molecule has 0 heterocycles. The number of rotatable bonds is 5. The topological polar surface area (TPSA) is 38.5 Å². The number of ether oxygens (including phenoxy) is 1. The Bertz CT molecular complexity index is 569. The highest BCUT2D eigenvalue weighted by Crippen LogP contribution is 2.21. The first-order chi connectivity index (χ1) is 9.56. The molecule has 0 fully saturated rings. The first-order valence-electron chi connectivity index (χ1n) is 6.52. The number of hydrogen-bond acceptors (Lipinski definition) is 3. The van der Waals surface area contributed by atoms with Crippen LogP contribution in [0.25, 0.3) is 0 Å². The van der Waals surface area contributed by atoms with E-state index in [1.165, 1.54) is 0 Å². The Morgan fingerprint density at radius 1 is 1.15 bits per heavy atom. The van der Waals surface area contributed by atoms with Crippen molar-refractivity contribution >= 4 is 23.0 Å². The Morgan fingerprint density at radius 2 is 1.85 bits per heavy atom. The highest BCUT2D eigenvalue weighted by Gasteiger charge is 2.02. The van der Waals surface area contributed by atoms with Crippen LogP contribution in [0, 0.1) is 6.92 Å². The molecule has 2 aromatic rings. The van der Waals surface area contributed by atoms with E-state index >= 15 is 0 Å². The fraction of sp³-hybridized carbons (Fsp3) is 0.250. The van der Waals surface area contributed by atoms with Crippen molar-refractivity contribution in [2.24, 2.45) is 0 Å². The van der Waals surface area contributed by atoms with Crippen LogP contribution >= 0.6 is 11.6 Å². The Hall–Kier alpha value is -1.87. The Balaban J connectivity index is 1.86. The van der Waals surface area contributed by atoms with Crippen LogP contribution in [-0.4, -0.2) is 20.2 Å². The van der Waals surface area contributed by atoms with E-state index < -0.39 is 0 Å². The maximum Gasteiger partial charge on any atom is 0.119 e. The molecule has 0 saturated carbocycles. The summed E-state index contributed by atoms with van der Waals surface area (Å²) in [6, 6.07) is 13.5. The van der Waals surface area contributed by atoms with Gasteiger partial charge in [0, 0.05) is 23.4 Å². The summed E-state index contributed by atoms with van der Waals surface area (Å²) in [5.41, 5.74) is 8.59. The molecule has 2 N–H and O–H groups in total. The summed E-state index contributed by atoms with van der Waals surface area (Å²) < 4.78 is 5.73. The second-order valence-electron chi connectivity index (χ2n) is 4.77. The molecule has 2 aromatic carbocycles. The SMILES string of the molecule is Cc1cc(OCCN(C)c2ccc(N)cc2)ccc1Cl. The molecule has 2 rings (SSSR count). The van der Waals surface area contributed by atoms with Gasteiger partial charge in [-0.2, -0.15) is 0 Å². The van der Waals surface area contributed by atoms with Gasteiger partial charge in [-0.1, -0.05) is 11.6 Å². The molecular weight excluding hydrogens is 272 g/mol. The molecule has 3 nitrogen and oxygen atoms in total. The van der Waals surface area contributed by atoms with Gasteiger partial charge in [0.25, 0.3) is 0 Å². The van der Waals surface area contributed by atoms with E-state index in [1.54, 1.807) is 0 Å². The van der Waals surface area contributed by atoms with Gasteiger partial charge < -0.3 is 15.4 Å². The lowest BCUT2D eigenvalue weighted by Gasteiger charge is -2.19. The maximum atomic E-state index is 5.98. The van der Waals surface area contributed by atoms with Gasteiger partial charge in [0.1, 0.15) is 12.4 Å². The summed E-state index contributed by atoms with van der Waals surface area (Å²) in [5.74, 6) is 0.845. The van der Waals surface area contributed by atoms with Gasteiger partial charge >= 0.3 is 0 Å². The molecule has 0 aliphatic heterocycles. The van der Waals surface area contributed by atoms with E-state index in [4.69, 9.17) is 22.1 Å².